The largest absolute Gasteiger partial charge is 0.368 e. The Morgan fingerprint density at radius 2 is 1.84 bits per heavy atom. The van der Waals surface area contributed by atoms with E-state index < -0.39 is 10.0 Å². The van der Waals surface area contributed by atoms with Gasteiger partial charge in [-0.1, -0.05) is 64.9 Å². The quantitative estimate of drug-likeness (QED) is 0.409. The maximum absolute atomic E-state index is 13.3. The smallest absolute Gasteiger partial charge is 0.254 e. The molecule has 0 saturated carbocycles. The number of nitrogens with one attached hydrogen (secondary N) is 1. The Kier molecular flexibility index (Phi) is 8.99. The van der Waals surface area contributed by atoms with Crippen molar-refractivity contribution in [2.75, 3.05) is 38.0 Å². The van der Waals surface area contributed by atoms with E-state index in [9.17, 15) is 13.2 Å². The Morgan fingerprint density at radius 1 is 1.14 bits per heavy atom. The van der Waals surface area contributed by atoms with Crippen LogP contribution in [0.3, 0.4) is 0 Å². The fourth-order valence-electron chi connectivity index (χ4n) is 4.26. The van der Waals surface area contributed by atoms with Gasteiger partial charge in [-0.15, -0.1) is 0 Å². The summed E-state index contributed by atoms with van der Waals surface area (Å²) in [4.78, 5) is 17.8. The monoisotopic (exact) mass is 562 g/mol. The van der Waals surface area contributed by atoms with E-state index in [1.54, 1.807) is 6.92 Å². The van der Waals surface area contributed by atoms with Crippen LogP contribution in [0.15, 0.2) is 52.7 Å². The minimum Gasteiger partial charge on any atom is -0.368 e. The number of aromatic nitrogens is 1. The van der Waals surface area contributed by atoms with Gasteiger partial charge in [-0.3, -0.25) is 9.69 Å². The van der Waals surface area contributed by atoms with E-state index in [-0.39, 0.29) is 16.2 Å². The fourth-order valence-corrected chi connectivity index (χ4v) is 7.40. The van der Waals surface area contributed by atoms with E-state index in [0.29, 0.717) is 55.2 Å². The van der Waals surface area contributed by atoms with Crippen LogP contribution < -0.4 is 5.32 Å². The van der Waals surface area contributed by atoms with E-state index in [2.05, 4.69) is 34.3 Å². The van der Waals surface area contributed by atoms with Crippen molar-refractivity contribution in [1.82, 2.24) is 14.2 Å². The number of amides is 1. The van der Waals surface area contributed by atoms with E-state index in [1.807, 2.05) is 36.4 Å². The summed E-state index contributed by atoms with van der Waals surface area (Å²) < 4.78 is 34.6. The Hall–Kier alpha value is -2.34. The number of carbonyl (C=O) groups excluding carboxylic acids is 1. The van der Waals surface area contributed by atoms with Crippen molar-refractivity contribution in [3.63, 3.8) is 0 Å². The standard InChI is InChI=1S/C26H31ClN4O4S2/c1-18-5-4-6-21(15-18)17-35-24(22-7-9-23(27)10-8-22)16-30-11-13-31(14-12-30)37(33,34)25-19(2)28-26(36-25)29-20(3)32/h4-10,15,24H,11-14,16-17H2,1-3H3,(H,28,29,32)/t24-/m1/s1. The molecule has 1 aromatic heterocycles. The highest BCUT2D eigenvalue weighted by molar-refractivity contribution is 7.91. The van der Waals surface area contributed by atoms with Gasteiger partial charge in [0.15, 0.2) is 9.34 Å². The summed E-state index contributed by atoms with van der Waals surface area (Å²) in [5.41, 5.74) is 3.71. The molecule has 3 aromatic rings. The minimum atomic E-state index is -3.70. The number of thiazole rings is 1. The molecule has 0 spiro atoms. The molecule has 1 fully saturated rings. The highest BCUT2D eigenvalue weighted by Gasteiger charge is 2.33. The zero-order valence-electron chi connectivity index (χ0n) is 21.1. The molecule has 1 saturated heterocycles. The Balaban J connectivity index is 1.42. The van der Waals surface area contributed by atoms with Crippen LogP contribution in [0.4, 0.5) is 5.13 Å². The van der Waals surface area contributed by atoms with E-state index in [1.165, 1.54) is 16.8 Å². The summed E-state index contributed by atoms with van der Waals surface area (Å²) in [5, 5.41) is 3.53. The van der Waals surface area contributed by atoms with Crippen molar-refractivity contribution in [3.8, 4) is 0 Å². The lowest BCUT2D eigenvalue weighted by Crippen LogP contribution is -2.49. The Labute approximate surface area is 227 Å². The molecule has 2 aromatic carbocycles. The molecular formula is C26H31ClN4O4S2. The van der Waals surface area contributed by atoms with Gasteiger partial charge in [-0.2, -0.15) is 4.31 Å². The first-order chi connectivity index (χ1) is 17.6. The van der Waals surface area contributed by atoms with Gasteiger partial charge >= 0.3 is 0 Å². The van der Waals surface area contributed by atoms with Crippen molar-refractivity contribution in [1.29, 1.82) is 0 Å². The normalized spacial score (nSPS) is 16.0. The highest BCUT2D eigenvalue weighted by Crippen LogP contribution is 2.31. The molecule has 0 aliphatic carbocycles. The van der Waals surface area contributed by atoms with E-state index in [4.69, 9.17) is 16.3 Å². The summed E-state index contributed by atoms with van der Waals surface area (Å²) in [6.07, 6.45) is -0.190. The molecule has 4 rings (SSSR count). The first-order valence-electron chi connectivity index (χ1n) is 12.0. The average molecular weight is 563 g/mol. The number of carbonyl (C=O) groups is 1. The zero-order chi connectivity index (χ0) is 26.6. The third kappa shape index (κ3) is 7.16. The molecule has 8 nitrogen and oxygen atoms in total. The first-order valence-corrected chi connectivity index (χ1v) is 14.7. The molecule has 1 atom stereocenters. The zero-order valence-corrected chi connectivity index (χ0v) is 23.5. The molecule has 1 aliphatic heterocycles. The summed E-state index contributed by atoms with van der Waals surface area (Å²) in [7, 11) is -3.70. The molecule has 11 heteroatoms. The predicted molar refractivity (Wildman–Crippen MR) is 147 cm³/mol. The minimum absolute atomic E-state index is 0.172. The van der Waals surface area contributed by atoms with Gasteiger partial charge < -0.3 is 10.1 Å². The van der Waals surface area contributed by atoms with Crippen molar-refractivity contribution in [3.05, 3.63) is 75.9 Å². The van der Waals surface area contributed by atoms with Crippen LogP contribution in [0, 0.1) is 13.8 Å². The van der Waals surface area contributed by atoms with Gasteiger partial charge in [-0.05, 0) is 37.1 Å². The van der Waals surface area contributed by atoms with Gasteiger partial charge in [0.1, 0.15) is 0 Å². The lowest BCUT2D eigenvalue weighted by atomic mass is 10.1. The van der Waals surface area contributed by atoms with Crippen molar-refractivity contribution < 1.29 is 17.9 Å². The van der Waals surface area contributed by atoms with Gasteiger partial charge in [0, 0.05) is 44.7 Å². The van der Waals surface area contributed by atoms with E-state index in [0.717, 1.165) is 22.5 Å². The average Bonchev–Trinajstić information content (AvgIpc) is 3.22. The number of halogens is 1. The summed E-state index contributed by atoms with van der Waals surface area (Å²) in [6.45, 7) is 8.06. The van der Waals surface area contributed by atoms with Crippen LogP contribution in [0.25, 0.3) is 0 Å². The summed E-state index contributed by atoms with van der Waals surface area (Å²) in [5.74, 6) is -0.286. The van der Waals surface area contributed by atoms with Crippen LogP contribution in [0.1, 0.15) is 35.4 Å². The maximum atomic E-state index is 13.3. The molecule has 0 unspecified atom stereocenters. The van der Waals surface area contributed by atoms with Crippen molar-refractivity contribution in [2.24, 2.45) is 0 Å². The van der Waals surface area contributed by atoms with Gasteiger partial charge in [0.25, 0.3) is 10.0 Å². The number of piperazine rings is 1. The van der Waals surface area contributed by atoms with Gasteiger partial charge in [0.2, 0.25) is 5.91 Å². The third-order valence-electron chi connectivity index (χ3n) is 6.14. The number of benzene rings is 2. The Morgan fingerprint density at radius 3 is 2.49 bits per heavy atom. The number of anilines is 1. The second-order valence-corrected chi connectivity index (χ2v) is 12.7. The number of aryl methyl sites for hydroxylation is 2. The van der Waals surface area contributed by atoms with Crippen molar-refractivity contribution in [2.45, 2.75) is 37.7 Å². The van der Waals surface area contributed by atoms with E-state index >= 15 is 0 Å². The summed E-state index contributed by atoms with van der Waals surface area (Å²) in [6, 6.07) is 15.9. The number of sulfonamides is 1. The number of nitrogens with zero attached hydrogens (tertiary/aromatic N) is 3. The SMILES string of the molecule is CC(=O)Nc1nc(C)c(S(=O)(=O)N2CCN(C[C@@H](OCc3cccc(C)c3)c3ccc(Cl)cc3)CC2)s1. The molecule has 0 bridgehead atoms. The Bertz CT molecular complexity index is 1340. The molecular weight excluding hydrogens is 532 g/mol. The van der Waals surface area contributed by atoms with Crippen LogP contribution >= 0.6 is 22.9 Å². The molecule has 1 N–H and O–H groups in total. The van der Waals surface area contributed by atoms with Crippen LogP contribution in [0.2, 0.25) is 5.02 Å². The van der Waals surface area contributed by atoms with Gasteiger partial charge in [0.05, 0.1) is 18.4 Å². The number of hydrogen-bond acceptors (Lipinski definition) is 7. The molecule has 198 valence electrons. The molecule has 1 aliphatic rings. The number of ether oxygens (including phenoxy) is 1. The first kappa shape index (κ1) is 27.7. The highest BCUT2D eigenvalue weighted by atomic mass is 35.5. The molecule has 2 heterocycles. The second kappa shape index (κ2) is 12.0. The van der Waals surface area contributed by atoms with Crippen molar-refractivity contribution >= 4 is 44.0 Å². The van der Waals surface area contributed by atoms with Crippen LogP contribution in [-0.2, 0) is 26.2 Å². The second-order valence-electron chi connectivity index (χ2n) is 9.12. The van der Waals surface area contributed by atoms with Crippen LogP contribution in [-0.4, -0.2) is 61.2 Å². The van der Waals surface area contributed by atoms with Gasteiger partial charge in [-0.25, -0.2) is 13.4 Å². The molecule has 1 amide bonds. The summed E-state index contributed by atoms with van der Waals surface area (Å²) >= 11 is 7.09. The predicted octanol–water partition coefficient (Wildman–Crippen LogP) is 4.64. The third-order valence-corrected chi connectivity index (χ3v) is 9.95. The number of rotatable bonds is 9. The lowest BCUT2D eigenvalue weighted by Gasteiger charge is -2.35. The lowest BCUT2D eigenvalue weighted by molar-refractivity contribution is -0.114. The molecule has 0 radical (unpaired) electrons. The van der Waals surface area contributed by atoms with Crippen LogP contribution in [0.5, 0.6) is 0 Å². The molecule has 37 heavy (non-hydrogen) atoms. The fraction of sp³-hybridized carbons (Fsp3) is 0.385. The topological polar surface area (TPSA) is 91.8 Å². The number of hydrogen-bond donors (Lipinski definition) is 1. The maximum Gasteiger partial charge on any atom is 0.254 e.